The third kappa shape index (κ3) is 1.91. The van der Waals surface area contributed by atoms with Crippen LogP contribution in [0.4, 0.5) is 18.9 Å². The average molecular weight is 236 g/mol. The van der Waals surface area contributed by atoms with Crippen molar-refractivity contribution in [3.05, 3.63) is 28.3 Å². The van der Waals surface area contributed by atoms with Gasteiger partial charge in [0, 0.05) is 6.54 Å². The minimum absolute atomic E-state index is 0.209. The molecule has 1 aromatic rings. The van der Waals surface area contributed by atoms with Gasteiger partial charge < -0.3 is 5.32 Å². The van der Waals surface area contributed by atoms with Gasteiger partial charge in [-0.2, -0.15) is 13.2 Å². The molecule has 1 aliphatic heterocycles. The minimum Gasteiger partial charge on any atom is -0.384 e. The molecular formula is C10H9ClF3N. The Labute approximate surface area is 90.2 Å². The van der Waals surface area contributed by atoms with Crippen molar-refractivity contribution in [1.82, 2.24) is 0 Å². The van der Waals surface area contributed by atoms with Gasteiger partial charge in [-0.15, -0.1) is 0 Å². The molecule has 2 rings (SSSR count). The van der Waals surface area contributed by atoms with Gasteiger partial charge in [-0.1, -0.05) is 17.7 Å². The van der Waals surface area contributed by atoms with Crippen LogP contribution in [0.3, 0.4) is 0 Å². The lowest BCUT2D eigenvalue weighted by molar-refractivity contribution is -0.137. The van der Waals surface area contributed by atoms with E-state index in [1.165, 1.54) is 6.07 Å². The molecule has 5 heteroatoms. The standard InChI is InChI=1S/C10H9ClF3N/c11-8-7(10(12,13)14)4-3-6-2-1-5-15-9(6)8/h3-4,15H,1-2,5H2. The molecule has 82 valence electrons. The van der Waals surface area contributed by atoms with Gasteiger partial charge in [0.1, 0.15) is 0 Å². The lowest BCUT2D eigenvalue weighted by Gasteiger charge is -2.21. The number of fused-ring (bicyclic) bond motifs is 1. The number of rotatable bonds is 0. The van der Waals surface area contributed by atoms with Crippen LogP contribution < -0.4 is 5.32 Å². The summed E-state index contributed by atoms with van der Waals surface area (Å²) in [6, 6.07) is 2.55. The van der Waals surface area contributed by atoms with Crippen molar-refractivity contribution in [1.29, 1.82) is 0 Å². The third-order valence-corrected chi connectivity index (χ3v) is 2.85. The Morgan fingerprint density at radius 1 is 1.27 bits per heavy atom. The molecule has 0 amide bonds. The highest BCUT2D eigenvalue weighted by molar-refractivity contribution is 6.34. The number of anilines is 1. The summed E-state index contributed by atoms with van der Waals surface area (Å²) in [7, 11) is 0. The number of aryl methyl sites for hydroxylation is 1. The van der Waals surface area contributed by atoms with E-state index < -0.39 is 11.7 Å². The molecule has 0 fully saturated rings. The van der Waals surface area contributed by atoms with Crippen LogP contribution in [0.5, 0.6) is 0 Å². The van der Waals surface area contributed by atoms with Gasteiger partial charge in [0.05, 0.1) is 16.3 Å². The van der Waals surface area contributed by atoms with E-state index in [-0.39, 0.29) is 5.02 Å². The van der Waals surface area contributed by atoms with Gasteiger partial charge in [0.2, 0.25) is 0 Å². The summed E-state index contributed by atoms with van der Waals surface area (Å²) in [6.45, 7) is 0.675. The molecule has 0 bridgehead atoms. The SMILES string of the molecule is FC(F)(F)c1ccc2c(c1Cl)NCCC2. The molecule has 1 heterocycles. The van der Waals surface area contributed by atoms with E-state index in [1.54, 1.807) is 0 Å². The van der Waals surface area contributed by atoms with Gasteiger partial charge in [-0.05, 0) is 24.5 Å². The van der Waals surface area contributed by atoms with Gasteiger partial charge in [-0.25, -0.2) is 0 Å². The highest BCUT2D eigenvalue weighted by Crippen LogP contribution is 2.41. The second-order valence-corrected chi connectivity index (χ2v) is 3.87. The van der Waals surface area contributed by atoms with Crippen molar-refractivity contribution in [2.24, 2.45) is 0 Å². The second kappa shape index (κ2) is 3.59. The molecule has 1 nitrogen and oxygen atoms in total. The van der Waals surface area contributed by atoms with Crippen LogP contribution in [0.2, 0.25) is 5.02 Å². The Balaban J connectivity index is 2.53. The number of hydrogen-bond acceptors (Lipinski definition) is 1. The molecule has 1 aromatic carbocycles. The first-order chi connectivity index (χ1) is 7.00. The van der Waals surface area contributed by atoms with Crippen LogP contribution in [-0.2, 0) is 12.6 Å². The van der Waals surface area contributed by atoms with E-state index in [2.05, 4.69) is 5.32 Å². The fraction of sp³-hybridized carbons (Fsp3) is 0.400. The molecule has 1 aliphatic rings. The minimum atomic E-state index is -4.38. The van der Waals surface area contributed by atoms with Gasteiger partial charge >= 0.3 is 6.18 Å². The summed E-state index contributed by atoms with van der Waals surface area (Å²) in [5.41, 5.74) is 0.536. The molecular weight excluding hydrogens is 227 g/mol. The van der Waals surface area contributed by atoms with Crippen LogP contribution in [0.1, 0.15) is 17.5 Å². The van der Waals surface area contributed by atoms with E-state index in [0.717, 1.165) is 24.5 Å². The van der Waals surface area contributed by atoms with E-state index in [1.807, 2.05) is 0 Å². The number of halogens is 4. The monoisotopic (exact) mass is 235 g/mol. The highest BCUT2D eigenvalue weighted by atomic mass is 35.5. The van der Waals surface area contributed by atoms with Crippen molar-refractivity contribution < 1.29 is 13.2 Å². The van der Waals surface area contributed by atoms with Gasteiger partial charge in [-0.3, -0.25) is 0 Å². The van der Waals surface area contributed by atoms with Crippen molar-refractivity contribution in [3.8, 4) is 0 Å². The highest BCUT2D eigenvalue weighted by Gasteiger charge is 2.34. The Bertz CT molecular complexity index is 387. The van der Waals surface area contributed by atoms with Crippen LogP contribution in [-0.4, -0.2) is 6.54 Å². The summed E-state index contributed by atoms with van der Waals surface area (Å²) in [4.78, 5) is 0. The first-order valence-electron chi connectivity index (χ1n) is 4.62. The van der Waals surface area contributed by atoms with Crippen LogP contribution >= 0.6 is 11.6 Å². The molecule has 0 atom stereocenters. The summed E-state index contributed by atoms with van der Waals surface area (Å²) in [5, 5.41) is 2.70. The van der Waals surface area contributed by atoms with Gasteiger partial charge in [0.25, 0.3) is 0 Å². The zero-order valence-corrected chi connectivity index (χ0v) is 8.54. The number of alkyl halides is 3. The molecule has 0 radical (unpaired) electrons. The fourth-order valence-corrected chi connectivity index (χ4v) is 2.09. The Morgan fingerprint density at radius 3 is 2.67 bits per heavy atom. The quantitative estimate of drug-likeness (QED) is 0.723. The predicted molar refractivity (Wildman–Crippen MR) is 53.3 cm³/mol. The molecule has 0 spiro atoms. The van der Waals surface area contributed by atoms with E-state index in [0.29, 0.717) is 12.2 Å². The lowest BCUT2D eigenvalue weighted by atomic mass is 10.0. The Kier molecular flexibility index (Phi) is 2.54. The maximum atomic E-state index is 12.5. The normalized spacial score (nSPS) is 15.7. The lowest BCUT2D eigenvalue weighted by Crippen LogP contribution is -2.15. The summed E-state index contributed by atoms with van der Waals surface area (Å²) >= 11 is 5.73. The predicted octanol–water partition coefficient (Wildman–Crippen LogP) is 3.72. The van der Waals surface area contributed by atoms with Crippen molar-refractivity contribution in [3.63, 3.8) is 0 Å². The summed E-state index contributed by atoms with van der Waals surface area (Å²) in [5.74, 6) is 0. The molecule has 15 heavy (non-hydrogen) atoms. The maximum absolute atomic E-state index is 12.5. The van der Waals surface area contributed by atoms with Gasteiger partial charge in [0.15, 0.2) is 0 Å². The molecule has 0 aromatic heterocycles. The Morgan fingerprint density at radius 2 is 2.00 bits per heavy atom. The van der Waals surface area contributed by atoms with Crippen molar-refractivity contribution in [2.75, 3.05) is 11.9 Å². The molecule has 0 saturated heterocycles. The molecule has 0 unspecified atom stereocenters. The zero-order valence-electron chi connectivity index (χ0n) is 7.79. The first-order valence-corrected chi connectivity index (χ1v) is 5.00. The maximum Gasteiger partial charge on any atom is 0.417 e. The van der Waals surface area contributed by atoms with E-state index in [4.69, 9.17) is 11.6 Å². The smallest absolute Gasteiger partial charge is 0.384 e. The molecule has 0 aliphatic carbocycles. The summed E-state index contributed by atoms with van der Waals surface area (Å²) < 4.78 is 37.5. The summed E-state index contributed by atoms with van der Waals surface area (Å²) in [6.07, 6.45) is -2.68. The van der Waals surface area contributed by atoms with Crippen molar-refractivity contribution >= 4 is 17.3 Å². The topological polar surface area (TPSA) is 12.0 Å². The zero-order chi connectivity index (χ0) is 11.1. The largest absolute Gasteiger partial charge is 0.417 e. The van der Waals surface area contributed by atoms with Crippen LogP contribution in [0.25, 0.3) is 0 Å². The van der Waals surface area contributed by atoms with Crippen molar-refractivity contribution in [2.45, 2.75) is 19.0 Å². The number of nitrogens with one attached hydrogen (secondary N) is 1. The molecule has 0 saturated carbocycles. The van der Waals surface area contributed by atoms with Crippen LogP contribution in [0.15, 0.2) is 12.1 Å². The Hall–Kier alpha value is -0.900. The number of benzene rings is 1. The average Bonchev–Trinajstić information content (AvgIpc) is 2.16. The second-order valence-electron chi connectivity index (χ2n) is 3.49. The van der Waals surface area contributed by atoms with E-state index >= 15 is 0 Å². The fourth-order valence-electron chi connectivity index (χ4n) is 1.73. The molecule has 1 N–H and O–H groups in total. The third-order valence-electron chi connectivity index (χ3n) is 2.46. The van der Waals surface area contributed by atoms with E-state index in [9.17, 15) is 13.2 Å². The number of hydrogen-bond donors (Lipinski definition) is 1. The first kappa shape index (κ1) is 10.6. The van der Waals surface area contributed by atoms with Crippen LogP contribution in [0, 0.1) is 0 Å².